The van der Waals surface area contributed by atoms with Crippen molar-refractivity contribution >= 4 is 11.4 Å². The molecule has 0 fully saturated rings. The van der Waals surface area contributed by atoms with E-state index in [0.29, 0.717) is 11.5 Å². The Hall–Kier alpha value is -1.57. The number of carbonyl (C=O) groups is 1. The molecule has 0 saturated carbocycles. The van der Waals surface area contributed by atoms with E-state index in [9.17, 15) is 9.90 Å². The van der Waals surface area contributed by atoms with Crippen molar-refractivity contribution in [2.45, 2.75) is 59.3 Å². The van der Waals surface area contributed by atoms with Crippen LogP contribution in [0.2, 0.25) is 0 Å². The Balaban J connectivity index is 2.15. The van der Waals surface area contributed by atoms with Gasteiger partial charge in [-0.1, -0.05) is 32.8 Å². The lowest BCUT2D eigenvalue weighted by Gasteiger charge is -2.39. The van der Waals surface area contributed by atoms with Crippen molar-refractivity contribution < 1.29 is 9.90 Å². The highest BCUT2D eigenvalue weighted by molar-refractivity contribution is 6.07. The Morgan fingerprint density at radius 2 is 2.09 bits per heavy atom. The second-order valence-corrected chi connectivity index (χ2v) is 7.08. The van der Waals surface area contributed by atoms with Gasteiger partial charge in [0.25, 0.3) is 0 Å². The van der Waals surface area contributed by atoms with Crippen LogP contribution in [0, 0.1) is 11.3 Å². The zero-order chi connectivity index (χ0) is 15.9. The average molecular weight is 298 g/mol. The predicted molar refractivity (Wildman–Crippen MR) is 89.8 cm³/mol. The number of hydrogen-bond acceptors (Lipinski definition) is 2. The van der Waals surface area contributed by atoms with Crippen LogP contribution in [0.15, 0.2) is 23.8 Å². The number of ketones is 1. The van der Waals surface area contributed by atoms with Gasteiger partial charge in [-0.2, -0.15) is 0 Å². The molecular formula is C20H26O2. The Labute approximate surface area is 133 Å². The molecule has 2 aliphatic rings. The summed E-state index contributed by atoms with van der Waals surface area (Å²) in [5, 5.41) is 9.82. The fraction of sp³-hybridized carbons (Fsp3) is 0.550. The molecule has 1 aromatic carbocycles. The molecule has 3 rings (SSSR count). The summed E-state index contributed by atoms with van der Waals surface area (Å²) < 4.78 is 0. The number of allylic oxidation sites excluding steroid dienone is 2. The highest BCUT2D eigenvalue weighted by Gasteiger charge is 2.48. The van der Waals surface area contributed by atoms with Crippen LogP contribution in [-0.2, 0) is 11.2 Å². The van der Waals surface area contributed by atoms with Crippen LogP contribution in [0.3, 0.4) is 0 Å². The summed E-state index contributed by atoms with van der Waals surface area (Å²) in [4.78, 5) is 12.7. The predicted octanol–water partition coefficient (Wildman–Crippen LogP) is 4.90. The molecular weight excluding hydrogens is 272 g/mol. The SMILES string of the molecule is CCCC[C@@]12Cc3cc(O)ccc3C1=C(C)C(=O)[C@H](CC)C2. The van der Waals surface area contributed by atoms with Gasteiger partial charge in [0.05, 0.1) is 0 Å². The van der Waals surface area contributed by atoms with Crippen LogP contribution in [-0.4, -0.2) is 10.9 Å². The van der Waals surface area contributed by atoms with E-state index < -0.39 is 0 Å². The number of phenolic OH excluding ortho intramolecular Hbond substituents is 1. The lowest BCUT2D eigenvalue weighted by Crippen LogP contribution is -2.34. The molecule has 2 heteroatoms. The summed E-state index contributed by atoms with van der Waals surface area (Å²) in [6, 6.07) is 5.66. The molecule has 0 spiro atoms. The molecule has 0 amide bonds. The monoisotopic (exact) mass is 298 g/mol. The highest BCUT2D eigenvalue weighted by atomic mass is 16.3. The Kier molecular flexibility index (Phi) is 3.88. The van der Waals surface area contributed by atoms with Crippen molar-refractivity contribution in [1.29, 1.82) is 0 Å². The minimum atomic E-state index is 0.116. The van der Waals surface area contributed by atoms with Crippen LogP contribution >= 0.6 is 0 Å². The number of fused-ring (bicyclic) bond motifs is 3. The van der Waals surface area contributed by atoms with E-state index >= 15 is 0 Å². The molecule has 0 bridgehead atoms. The van der Waals surface area contributed by atoms with Gasteiger partial charge in [0.2, 0.25) is 0 Å². The maximum atomic E-state index is 12.7. The lowest BCUT2D eigenvalue weighted by molar-refractivity contribution is -0.120. The number of benzene rings is 1. The van der Waals surface area contributed by atoms with E-state index in [0.717, 1.165) is 31.3 Å². The largest absolute Gasteiger partial charge is 0.508 e. The number of phenols is 1. The van der Waals surface area contributed by atoms with E-state index in [4.69, 9.17) is 0 Å². The van der Waals surface area contributed by atoms with E-state index in [-0.39, 0.29) is 11.3 Å². The van der Waals surface area contributed by atoms with Gasteiger partial charge in [-0.3, -0.25) is 4.79 Å². The summed E-state index contributed by atoms with van der Waals surface area (Å²) in [5.74, 6) is 0.841. The molecule has 0 aromatic heterocycles. The van der Waals surface area contributed by atoms with Crippen LogP contribution in [0.1, 0.15) is 64.0 Å². The molecule has 1 aromatic rings. The van der Waals surface area contributed by atoms with Crippen LogP contribution in [0.25, 0.3) is 5.57 Å². The number of Topliss-reactive ketones (excluding diaryl/α,β-unsaturated/α-hetero) is 1. The third kappa shape index (κ3) is 2.20. The summed E-state index contributed by atoms with van der Waals surface area (Å²) in [6.07, 6.45) is 6.41. The van der Waals surface area contributed by atoms with E-state index in [1.807, 2.05) is 19.1 Å². The van der Waals surface area contributed by atoms with Gasteiger partial charge >= 0.3 is 0 Å². The number of aromatic hydroxyl groups is 1. The van der Waals surface area contributed by atoms with Gasteiger partial charge < -0.3 is 5.11 Å². The highest BCUT2D eigenvalue weighted by Crippen LogP contribution is 2.58. The van der Waals surface area contributed by atoms with Crippen molar-refractivity contribution in [2.75, 3.05) is 0 Å². The van der Waals surface area contributed by atoms with Gasteiger partial charge in [0.15, 0.2) is 5.78 Å². The summed E-state index contributed by atoms with van der Waals surface area (Å²) in [6.45, 7) is 6.37. The fourth-order valence-corrected chi connectivity index (χ4v) is 4.64. The lowest BCUT2D eigenvalue weighted by atomic mass is 9.63. The van der Waals surface area contributed by atoms with Gasteiger partial charge in [0, 0.05) is 11.3 Å². The van der Waals surface area contributed by atoms with Crippen molar-refractivity contribution in [3.8, 4) is 5.75 Å². The fourth-order valence-electron chi connectivity index (χ4n) is 4.64. The van der Waals surface area contributed by atoms with E-state index in [1.54, 1.807) is 6.07 Å². The second kappa shape index (κ2) is 5.57. The van der Waals surface area contributed by atoms with Crippen LogP contribution < -0.4 is 0 Å². The average Bonchev–Trinajstić information content (AvgIpc) is 2.82. The molecule has 0 saturated heterocycles. The molecule has 0 aliphatic heterocycles. The summed E-state index contributed by atoms with van der Waals surface area (Å²) in [5.41, 5.74) is 4.79. The Morgan fingerprint density at radius 1 is 1.32 bits per heavy atom. The number of carbonyl (C=O) groups excluding carboxylic acids is 1. The first-order valence-corrected chi connectivity index (χ1v) is 8.60. The molecule has 2 atom stereocenters. The topological polar surface area (TPSA) is 37.3 Å². The Bertz CT molecular complexity index is 641. The van der Waals surface area contributed by atoms with Crippen molar-refractivity contribution in [3.05, 3.63) is 34.9 Å². The third-order valence-corrected chi connectivity index (χ3v) is 5.67. The van der Waals surface area contributed by atoms with Crippen molar-refractivity contribution in [3.63, 3.8) is 0 Å². The number of hydrogen-bond donors (Lipinski definition) is 1. The normalized spacial score (nSPS) is 27.0. The van der Waals surface area contributed by atoms with E-state index in [1.165, 1.54) is 29.5 Å². The first-order valence-electron chi connectivity index (χ1n) is 8.60. The summed E-state index contributed by atoms with van der Waals surface area (Å²) in [7, 11) is 0. The zero-order valence-electron chi connectivity index (χ0n) is 13.9. The minimum absolute atomic E-state index is 0.116. The smallest absolute Gasteiger partial charge is 0.161 e. The molecule has 0 unspecified atom stereocenters. The molecule has 2 nitrogen and oxygen atoms in total. The Morgan fingerprint density at radius 3 is 2.77 bits per heavy atom. The maximum Gasteiger partial charge on any atom is 0.161 e. The molecule has 118 valence electrons. The van der Waals surface area contributed by atoms with Gasteiger partial charge in [-0.25, -0.2) is 0 Å². The van der Waals surface area contributed by atoms with Gasteiger partial charge in [-0.05, 0) is 67.0 Å². The summed E-state index contributed by atoms with van der Waals surface area (Å²) >= 11 is 0. The second-order valence-electron chi connectivity index (χ2n) is 7.08. The quantitative estimate of drug-likeness (QED) is 0.858. The standard InChI is InChI=1S/C20H26O2/c1-4-6-9-20-11-14(5-2)19(22)13(3)18(20)17-8-7-16(21)10-15(17)12-20/h7-8,10,14,21H,4-6,9,11-12H2,1-3H3/t14-,20-/m1/s1. The first kappa shape index (κ1) is 15.3. The van der Waals surface area contributed by atoms with Crippen molar-refractivity contribution in [2.24, 2.45) is 11.3 Å². The van der Waals surface area contributed by atoms with Gasteiger partial charge in [0.1, 0.15) is 5.75 Å². The number of rotatable bonds is 4. The maximum absolute atomic E-state index is 12.7. The van der Waals surface area contributed by atoms with Gasteiger partial charge in [-0.15, -0.1) is 0 Å². The minimum Gasteiger partial charge on any atom is -0.508 e. The first-order chi connectivity index (χ1) is 10.5. The number of unbranched alkanes of at least 4 members (excludes halogenated alkanes) is 1. The molecule has 0 heterocycles. The molecule has 0 radical (unpaired) electrons. The van der Waals surface area contributed by atoms with Crippen LogP contribution in [0.5, 0.6) is 5.75 Å². The molecule has 2 aliphatic carbocycles. The van der Waals surface area contributed by atoms with Crippen LogP contribution in [0.4, 0.5) is 0 Å². The zero-order valence-corrected chi connectivity index (χ0v) is 13.9. The molecule has 1 N–H and O–H groups in total. The third-order valence-electron chi connectivity index (χ3n) is 5.67. The molecule has 22 heavy (non-hydrogen) atoms. The van der Waals surface area contributed by atoms with Crippen molar-refractivity contribution in [1.82, 2.24) is 0 Å². The van der Waals surface area contributed by atoms with E-state index in [2.05, 4.69) is 13.8 Å².